The van der Waals surface area contributed by atoms with Gasteiger partial charge in [0.15, 0.2) is 0 Å². The molecule has 2 aromatic carbocycles. The van der Waals surface area contributed by atoms with Crippen molar-refractivity contribution in [1.82, 2.24) is 4.72 Å². The van der Waals surface area contributed by atoms with Gasteiger partial charge in [0.05, 0.1) is 21.7 Å². The molecule has 27 heavy (non-hydrogen) atoms. The molecule has 1 fully saturated rings. The highest BCUT2D eigenvalue weighted by Crippen LogP contribution is 2.23. The minimum Gasteiger partial charge on any atom is -0.377 e. The van der Waals surface area contributed by atoms with Gasteiger partial charge in [0, 0.05) is 18.7 Å². The van der Waals surface area contributed by atoms with Crippen molar-refractivity contribution in [3.05, 3.63) is 58.9 Å². The van der Waals surface area contributed by atoms with Crippen LogP contribution in [0, 0.1) is 5.82 Å². The third kappa shape index (κ3) is 5.04. The molecule has 144 valence electrons. The number of nitrogens with one attached hydrogen (secondary N) is 2. The SMILES string of the molecule is O=C(Nc1ccc(F)cc1Cl)c1ccc(S(=O)(=O)NC[C@@H]2CCCO2)cc1. The Morgan fingerprint density at radius 1 is 1.22 bits per heavy atom. The molecule has 0 radical (unpaired) electrons. The van der Waals surface area contributed by atoms with Crippen molar-refractivity contribution in [3.63, 3.8) is 0 Å². The molecule has 1 heterocycles. The number of anilines is 1. The molecule has 0 bridgehead atoms. The molecule has 1 atom stereocenters. The summed E-state index contributed by atoms with van der Waals surface area (Å²) in [7, 11) is -3.69. The van der Waals surface area contributed by atoms with Gasteiger partial charge in [-0.25, -0.2) is 17.5 Å². The summed E-state index contributed by atoms with van der Waals surface area (Å²) in [4.78, 5) is 12.3. The number of hydrogen-bond donors (Lipinski definition) is 2. The number of rotatable bonds is 6. The number of sulfonamides is 1. The number of carbonyl (C=O) groups excluding carboxylic acids is 1. The van der Waals surface area contributed by atoms with Crippen LogP contribution in [0.25, 0.3) is 0 Å². The smallest absolute Gasteiger partial charge is 0.255 e. The monoisotopic (exact) mass is 412 g/mol. The van der Waals surface area contributed by atoms with Crippen LogP contribution in [0.3, 0.4) is 0 Å². The Morgan fingerprint density at radius 3 is 2.59 bits per heavy atom. The maximum atomic E-state index is 13.1. The lowest BCUT2D eigenvalue weighted by Gasteiger charge is -2.12. The molecule has 1 aliphatic heterocycles. The summed E-state index contributed by atoms with van der Waals surface area (Å²) in [5.41, 5.74) is 0.506. The van der Waals surface area contributed by atoms with Gasteiger partial charge >= 0.3 is 0 Å². The van der Waals surface area contributed by atoms with Crippen molar-refractivity contribution in [3.8, 4) is 0 Å². The van der Waals surface area contributed by atoms with Gasteiger partial charge in [-0.05, 0) is 55.3 Å². The molecule has 0 aliphatic carbocycles. The number of halogens is 2. The van der Waals surface area contributed by atoms with E-state index in [0.717, 1.165) is 18.9 Å². The molecule has 1 saturated heterocycles. The molecule has 0 saturated carbocycles. The van der Waals surface area contributed by atoms with Gasteiger partial charge in [-0.2, -0.15) is 0 Å². The second kappa shape index (κ2) is 8.35. The maximum absolute atomic E-state index is 13.1. The van der Waals surface area contributed by atoms with Gasteiger partial charge in [0.25, 0.3) is 5.91 Å². The molecule has 0 unspecified atom stereocenters. The van der Waals surface area contributed by atoms with Crippen LogP contribution in [-0.4, -0.2) is 33.6 Å². The first-order chi connectivity index (χ1) is 12.8. The Balaban J connectivity index is 1.65. The summed E-state index contributed by atoms with van der Waals surface area (Å²) in [5, 5.41) is 2.63. The first-order valence-corrected chi connectivity index (χ1v) is 10.2. The molecule has 0 spiro atoms. The van der Waals surface area contributed by atoms with Crippen LogP contribution in [0.2, 0.25) is 5.02 Å². The fourth-order valence-corrected chi connectivity index (χ4v) is 3.94. The van der Waals surface area contributed by atoms with E-state index in [1.165, 1.54) is 36.4 Å². The zero-order valence-electron chi connectivity index (χ0n) is 14.2. The van der Waals surface area contributed by atoms with Crippen LogP contribution in [0.15, 0.2) is 47.4 Å². The van der Waals surface area contributed by atoms with Crippen LogP contribution >= 0.6 is 11.6 Å². The lowest BCUT2D eigenvalue weighted by molar-refractivity contribution is 0.102. The number of hydrogen-bond acceptors (Lipinski definition) is 4. The second-order valence-corrected chi connectivity index (χ2v) is 8.26. The summed E-state index contributed by atoms with van der Waals surface area (Å²) < 4.78 is 45.6. The Labute approximate surface area is 161 Å². The van der Waals surface area contributed by atoms with Gasteiger partial charge in [0.2, 0.25) is 10.0 Å². The van der Waals surface area contributed by atoms with Gasteiger partial charge in [-0.15, -0.1) is 0 Å². The van der Waals surface area contributed by atoms with Crippen molar-refractivity contribution in [2.45, 2.75) is 23.8 Å². The van der Waals surface area contributed by atoms with Gasteiger partial charge in [0.1, 0.15) is 5.82 Å². The highest BCUT2D eigenvalue weighted by atomic mass is 35.5. The molecular weight excluding hydrogens is 395 g/mol. The predicted molar refractivity (Wildman–Crippen MR) is 100.0 cm³/mol. The van der Waals surface area contributed by atoms with E-state index in [2.05, 4.69) is 10.0 Å². The summed E-state index contributed by atoms with van der Waals surface area (Å²) in [5.74, 6) is -0.997. The van der Waals surface area contributed by atoms with Crippen molar-refractivity contribution >= 4 is 33.2 Å². The molecular formula is C18H18ClFN2O4S. The van der Waals surface area contributed by atoms with Crippen molar-refractivity contribution < 1.29 is 22.3 Å². The van der Waals surface area contributed by atoms with E-state index >= 15 is 0 Å². The third-order valence-electron chi connectivity index (χ3n) is 4.13. The minimum atomic E-state index is -3.69. The summed E-state index contributed by atoms with van der Waals surface area (Å²) in [6.45, 7) is 0.863. The molecule has 1 amide bonds. The average molecular weight is 413 g/mol. The highest BCUT2D eigenvalue weighted by molar-refractivity contribution is 7.89. The van der Waals surface area contributed by atoms with E-state index in [1.807, 2.05) is 0 Å². The maximum Gasteiger partial charge on any atom is 0.255 e. The second-order valence-electron chi connectivity index (χ2n) is 6.09. The molecule has 0 aromatic heterocycles. The van der Waals surface area contributed by atoms with Crippen LogP contribution in [0.1, 0.15) is 23.2 Å². The quantitative estimate of drug-likeness (QED) is 0.763. The van der Waals surface area contributed by atoms with Crippen molar-refractivity contribution in [1.29, 1.82) is 0 Å². The zero-order valence-corrected chi connectivity index (χ0v) is 15.8. The van der Waals surface area contributed by atoms with E-state index in [-0.39, 0.29) is 33.8 Å². The average Bonchev–Trinajstić information content (AvgIpc) is 3.16. The largest absolute Gasteiger partial charge is 0.377 e. The summed E-state index contributed by atoms with van der Waals surface area (Å²) in [6.07, 6.45) is 1.65. The van der Waals surface area contributed by atoms with Gasteiger partial charge in [-0.3, -0.25) is 4.79 Å². The third-order valence-corrected chi connectivity index (χ3v) is 5.88. The fourth-order valence-electron chi connectivity index (χ4n) is 2.66. The minimum absolute atomic E-state index is 0.0526. The van der Waals surface area contributed by atoms with Gasteiger partial charge in [-0.1, -0.05) is 11.6 Å². The number of benzene rings is 2. The van der Waals surface area contributed by atoms with Crippen LogP contribution in [0.5, 0.6) is 0 Å². The van der Waals surface area contributed by atoms with E-state index in [1.54, 1.807) is 0 Å². The Morgan fingerprint density at radius 2 is 1.96 bits per heavy atom. The molecule has 3 rings (SSSR count). The van der Waals surface area contributed by atoms with E-state index in [4.69, 9.17) is 16.3 Å². The molecule has 2 N–H and O–H groups in total. The van der Waals surface area contributed by atoms with Crippen LogP contribution in [-0.2, 0) is 14.8 Å². The molecule has 6 nitrogen and oxygen atoms in total. The van der Waals surface area contributed by atoms with Crippen LogP contribution < -0.4 is 10.0 Å². The van der Waals surface area contributed by atoms with E-state index in [0.29, 0.717) is 6.61 Å². The summed E-state index contributed by atoms with van der Waals surface area (Å²) >= 11 is 5.88. The number of ether oxygens (including phenoxy) is 1. The lowest BCUT2D eigenvalue weighted by Crippen LogP contribution is -2.31. The van der Waals surface area contributed by atoms with Crippen LogP contribution in [0.4, 0.5) is 10.1 Å². The first-order valence-electron chi connectivity index (χ1n) is 8.33. The fraction of sp³-hybridized carbons (Fsp3) is 0.278. The number of amides is 1. The van der Waals surface area contributed by atoms with Crippen molar-refractivity contribution in [2.75, 3.05) is 18.5 Å². The normalized spacial score (nSPS) is 17.0. The molecule has 2 aromatic rings. The molecule has 1 aliphatic rings. The zero-order chi connectivity index (χ0) is 19.4. The number of carbonyl (C=O) groups is 1. The Kier molecular flexibility index (Phi) is 6.11. The van der Waals surface area contributed by atoms with Gasteiger partial charge < -0.3 is 10.1 Å². The topological polar surface area (TPSA) is 84.5 Å². The Bertz CT molecular complexity index is 929. The molecule has 9 heteroatoms. The lowest BCUT2D eigenvalue weighted by atomic mass is 10.2. The van der Waals surface area contributed by atoms with E-state index in [9.17, 15) is 17.6 Å². The standard InChI is InChI=1S/C18H18ClFN2O4S/c19-16-10-13(20)5-8-17(16)22-18(23)12-3-6-15(7-4-12)27(24,25)21-11-14-2-1-9-26-14/h3-8,10,14,21H,1-2,9,11H2,(H,22,23)/t14-/m0/s1. The summed E-state index contributed by atoms with van der Waals surface area (Å²) in [6, 6.07) is 9.10. The Hall–Kier alpha value is -2.00. The van der Waals surface area contributed by atoms with E-state index < -0.39 is 21.7 Å². The highest BCUT2D eigenvalue weighted by Gasteiger charge is 2.20. The predicted octanol–water partition coefficient (Wildman–Crippen LogP) is 3.19. The first kappa shape index (κ1) is 19.8. The van der Waals surface area contributed by atoms with Crippen molar-refractivity contribution in [2.24, 2.45) is 0 Å².